The highest BCUT2D eigenvalue weighted by atomic mass is 32.2. The van der Waals surface area contributed by atoms with Crippen LogP contribution in [0.1, 0.15) is 6.42 Å². The van der Waals surface area contributed by atoms with Gasteiger partial charge in [0.05, 0.1) is 4.90 Å². The molecule has 9 heteroatoms. The second-order valence-corrected chi connectivity index (χ2v) is 8.63. The van der Waals surface area contributed by atoms with E-state index in [2.05, 4.69) is 5.21 Å². The molecule has 1 N–H and O–H groups in total. The predicted octanol–water partition coefficient (Wildman–Crippen LogP) is 1.59. The summed E-state index contributed by atoms with van der Waals surface area (Å²) >= 11 is 0. The molecule has 1 saturated heterocycles. The Kier molecular flexibility index (Phi) is 3.65. The monoisotopic (exact) mass is 399 g/mol. The van der Waals surface area contributed by atoms with Crippen molar-refractivity contribution in [1.29, 1.82) is 0 Å². The van der Waals surface area contributed by atoms with Gasteiger partial charge in [0.25, 0.3) is 0 Å². The van der Waals surface area contributed by atoms with E-state index in [0.717, 1.165) is 6.42 Å². The van der Waals surface area contributed by atoms with Crippen LogP contribution in [-0.4, -0.2) is 35.7 Å². The normalized spacial score (nSPS) is 15.2. The van der Waals surface area contributed by atoms with E-state index in [0.29, 0.717) is 29.7 Å². The number of fused-ring (bicyclic) bond motifs is 3. The topological polar surface area (TPSA) is 79.3 Å². The highest BCUT2D eigenvalue weighted by molar-refractivity contribution is 7.89. The molecule has 0 saturated carbocycles. The molecule has 0 spiro atoms. The predicted molar refractivity (Wildman–Crippen MR) is 100 cm³/mol. The van der Waals surface area contributed by atoms with Crippen LogP contribution in [0.4, 0.5) is 4.39 Å². The summed E-state index contributed by atoms with van der Waals surface area (Å²) in [6.45, 7) is 0.949. The lowest BCUT2D eigenvalue weighted by Crippen LogP contribution is -2.42. The van der Waals surface area contributed by atoms with Crippen molar-refractivity contribution in [2.75, 3.05) is 13.1 Å². The largest absolute Gasteiger partial charge is 0.406 e. The Balaban J connectivity index is 1.86. The Morgan fingerprint density at radius 2 is 1.79 bits per heavy atom. The number of nitrogens with one attached hydrogen (secondary N) is 1. The van der Waals surface area contributed by atoms with Crippen molar-refractivity contribution >= 4 is 26.4 Å². The number of H-pyrrole nitrogens is 1. The van der Waals surface area contributed by atoms with Crippen LogP contribution < -0.4 is 10.1 Å². The molecule has 3 heterocycles. The van der Waals surface area contributed by atoms with Crippen molar-refractivity contribution in [1.82, 2.24) is 14.2 Å². The van der Waals surface area contributed by atoms with E-state index in [4.69, 9.17) is 0 Å². The SMILES string of the molecule is O=c1c2cc(S(=O)(=O)N3CCC3)c3ccccc3[n+]2[nH]n1-c1cccc(F)c1. The van der Waals surface area contributed by atoms with Gasteiger partial charge in [-0.3, -0.25) is 0 Å². The van der Waals surface area contributed by atoms with E-state index in [1.807, 2.05) is 0 Å². The van der Waals surface area contributed by atoms with E-state index in [1.165, 1.54) is 37.8 Å². The molecule has 0 atom stereocenters. The van der Waals surface area contributed by atoms with Gasteiger partial charge in [-0.15, -0.1) is 4.52 Å². The van der Waals surface area contributed by atoms with Gasteiger partial charge < -0.3 is 0 Å². The van der Waals surface area contributed by atoms with E-state index in [9.17, 15) is 17.6 Å². The fraction of sp³-hybridized carbons (Fsp3) is 0.158. The lowest BCUT2D eigenvalue weighted by atomic mass is 10.2. The van der Waals surface area contributed by atoms with Gasteiger partial charge in [0, 0.05) is 30.6 Å². The molecule has 2 aromatic carbocycles. The molecule has 2 aromatic heterocycles. The number of sulfonamides is 1. The van der Waals surface area contributed by atoms with Crippen LogP contribution in [0.3, 0.4) is 0 Å². The van der Waals surface area contributed by atoms with Crippen LogP contribution in [-0.2, 0) is 10.0 Å². The van der Waals surface area contributed by atoms with Gasteiger partial charge in [0.2, 0.25) is 15.5 Å². The van der Waals surface area contributed by atoms with Crippen LogP contribution in [0.5, 0.6) is 0 Å². The first-order valence-corrected chi connectivity index (χ1v) is 10.3. The fourth-order valence-corrected chi connectivity index (χ4v) is 5.20. The zero-order chi connectivity index (χ0) is 19.5. The molecule has 0 bridgehead atoms. The van der Waals surface area contributed by atoms with Gasteiger partial charge >= 0.3 is 5.56 Å². The van der Waals surface area contributed by atoms with Gasteiger partial charge in [0.15, 0.2) is 11.2 Å². The van der Waals surface area contributed by atoms with E-state index < -0.39 is 21.4 Å². The minimum absolute atomic E-state index is 0.102. The molecular weight excluding hydrogens is 383 g/mol. The third-order valence-electron chi connectivity index (χ3n) is 5.04. The van der Waals surface area contributed by atoms with Gasteiger partial charge in [0.1, 0.15) is 5.82 Å². The van der Waals surface area contributed by atoms with Gasteiger partial charge in [-0.05, 0) is 30.7 Å². The summed E-state index contributed by atoms with van der Waals surface area (Å²) < 4.78 is 43.9. The Morgan fingerprint density at radius 3 is 2.50 bits per heavy atom. The third-order valence-corrected chi connectivity index (χ3v) is 6.98. The van der Waals surface area contributed by atoms with Crippen molar-refractivity contribution in [3.05, 3.63) is 70.8 Å². The lowest BCUT2D eigenvalue weighted by Gasteiger charge is -2.29. The van der Waals surface area contributed by atoms with E-state index in [-0.39, 0.29) is 10.4 Å². The molecule has 28 heavy (non-hydrogen) atoms. The number of pyridine rings is 1. The van der Waals surface area contributed by atoms with E-state index in [1.54, 1.807) is 30.3 Å². The summed E-state index contributed by atoms with van der Waals surface area (Å²) in [4.78, 5) is 13.1. The number of hydrogen-bond acceptors (Lipinski definition) is 3. The van der Waals surface area contributed by atoms with Gasteiger partial charge in [-0.1, -0.05) is 28.1 Å². The fourth-order valence-electron chi connectivity index (χ4n) is 3.47. The highest BCUT2D eigenvalue weighted by Gasteiger charge is 2.33. The molecule has 1 fully saturated rings. The smallest absolute Gasteiger partial charge is 0.234 e. The Morgan fingerprint density at radius 1 is 1.00 bits per heavy atom. The van der Waals surface area contributed by atoms with Crippen molar-refractivity contribution in [3.63, 3.8) is 0 Å². The summed E-state index contributed by atoms with van der Waals surface area (Å²) in [6, 6.07) is 14.0. The molecule has 0 unspecified atom stereocenters. The molecule has 0 aliphatic carbocycles. The average molecular weight is 399 g/mol. The number of halogens is 1. The molecule has 0 amide bonds. The average Bonchev–Trinajstić information content (AvgIpc) is 2.96. The van der Waals surface area contributed by atoms with Crippen molar-refractivity contribution in [3.8, 4) is 5.69 Å². The zero-order valence-corrected chi connectivity index (χ0v) is 15.5. The second kappa shape index (κ2) is 5.98. The zero-order valence-electron chi connectivity index (χ0n) is 14.7. The number of aromatic nitrogens is 3. The number of aromatic amines is 1. The standard InChI is InChI=1S/C19H15FN4O3S/c20-13-5-3-6-14(11-13)23-19(25)17-12-18(28(26,27)22-9-4-10-22)15-7-1-2-8-16(15)24(17)21-23/h1-3,5-8,11-12H,4,9-10H2/p+1. The van der Waals surface area contributed by atoms with Crippen molar-refractivity contribution < 1.29 is 17.3 Å². The van der Waals surface area contributed by atoms with Crippen LogP contribution in [0.2, 0.25) is 0 Å². The number of rotatable bonds is 3. The van der Waals surface area contributed by atoms with Gasteiger partial charge in [-0.2, -0.15) is 4.31 Å². The Bertz CT molecular complexity index is 1400. The molecule has 1 aliphatic rings. The lowest BCUT2D eigenvalue weighted by molar-refractivity contribution is -0.555. The molecule has 0 radical (unpaired) electrons. The molecule has 142 valence electrons. The van der Waals surface area contributed by atoms with Gasteiger partial charge in [-0.25, -0.2) is 17.6 Å². The molecule has 7 nitrogen and oxygen atoms in total. The molecular formula is C19H16FN4O3S+. The maximum atomic E-state index is 13.6. The second-order valence-electron chi connectivity index (χ2n) is 6.72. The number of para-hydroxylation sites is 1. The first-order chi connectivity index (χ1) is 13.5. The van der Waals surface area contributed by atoms with Crippen molar-refractivity contribution in [2.45, 2.75) is 11.3 Å². The summed E-state index contributed by atoms with van der Waals surface area (Å²) in [5, 5.41) is 3.45. The summed E-state index contributed by atoms with van der Waals surface area (Å²) in [5.74, 6) is -0.473. The highest BCUT2D eigenvalue weighted by Crippen LogP contribution is 2.27. The van der Waals surface area contributed by atoms with Crippen LogP contribution in [0, 0.1) is 5.82 Å². The maximum absolute atomic E-state index is 13.6. The van der Waals surface area contributed by atoms with E-state index >= 15 is 0 Å². The van der Waals surface area contributed by atoms with Crippen molar-refractivity contribution in [2.24, 2.45) is 0 Å². The Hall–Kier alpha value is -3.04. The summed E-state index contributed by atoms with van der Waals surface area (Å²) in [7, 11) is -3.70. The third kappa shape index (κ3) is 2.40. The summed E-state index contributed by atoms with van der Waals surface area (Å²) in [6.07, 6.45) is 0.824. The summed E-state index contributed by atoms with van der Waals surface area (Å²) in [5.41, 5.74) is 0.578. The molecule has 1 aliphatic heterocycles. The quantitative estimate of drug-likeness (QED) is 0.532. The number of benzene rings is 2. The van der Waals surface area contributed by atoms with Crippen LogP contribution >= 0.6 is 0 Å². The number of nitrogens with zero attached hydrogens (tertiary/aromatic N) is 3. The van der Waals surface area contributed by atoms with Crippen LogP contribution in [0.15, 0.2) is 64.3 Å². The maximum Gasteiger partial charge on any atom is 0.406 e. The minimum Gasteiger partial charge on any atom is -0.234 e. The molecule has 5 rings (SSSR count). The minimum atomic E-state index is -3.70. The first kappa shape index (κ1) is 17.1. The number of hydrogen-bond donors (Lipinski definition) is 1. The molecule has 4 aromatic rings. The van der Waals surface area contributed by atoms with Crippen LogP contribution in [0.25, 0.3) is 22.1 Å². The first-order valence-electron chi connectivity index (χ1n) is 8.81. The Labute approximate surface area is 159 Å².